The Morgan fingerprint density at radius 1 is 1.14 bits per heavy atom. The molecule has 0 atom stereocenters. The summed E-state index contributed by atoms with van der Waals surface area (Å²) < 4.78 is 15.9. The van der Waals surface area contributed by atoms with Crippen molar-refractivity contribution in [2.75, 3.05) is 21.3 Å². The number of nitrogens with one attached hydrogen (secondary N) is 1. The maximum absolute atomic E-state index is 5.82. The Morgan fingerprint density at radius 2 is 1.71 bits per heavy atom. The van der Waals surface area contributed by atoms with Crippen LogP contribution in [-0.2, 0) is 6.54 Å². The van der Waals surface area contributed by atoms with Crippen molar-refractivity contribution in [3.05, 3.63) is 17.7 Å². The van der Waals surface area contributed by atoms with E-state index in [-0.39, 0.29) is 24.0 Å². The third-order valence-electron chi connectivity index (χ3n) is 3.14. The summed E-state index contributed by atoms with van der Waals surface area (Å²) in [6.45, 7) is 0.426. The van der Waals surface area contributed by atoms with Gasteiger partial charge in [0, 0.05) is 17.7 Å². The van der Waals surface area contributed by atoms with E-state index >= 15 is 0 Å². The minimum atomic E-state index is 0. The van der Waals surface area contributed by atoms with Gasteiger partial charge >= 0.3 is 0 Å². The second-order valence-corrected chi connectivity index (χ2v) is 4.64. The Kier molecular flexibility index (Phi) is 6.86. The first-order valence-electron chi connectivity index (χ1n) is 6.53. The van der Waals surface area contributed by atoms with Crippen molar-refractivity contribution >= 4 is 29.9 Å². The first-order valence-corrected chi connectivity index (χ1v) is 6.53. The van der Waals surface area contributed by atoms with Gasteiger partial charge in [-0.05, 0) is 18.9 Å². The molecule has 1 aliphatic carbocycles. The van der Waals surface area contributed by atoms with Gasteiger partial charge < -0.3 is 25.3 Å². The van der Waals surface area contributed by atoms with E-state index in [1.807, 2.05) is 6.07 Å². The Hall–Kier alpha value is -1.38. The van der Waals surface area contributed by atoms with Crippen LogP contribution in [0.3, 0.4) is 0 Å². The van der Waals surface area contributed by atoms with E-state index in [1.165, 1.54) is 0 Å². The standard InChI is InChI=1S/C14H21N3O3.HI/c1-18-11-7-13(20-3)12(19-2)6-9(11)8-16-14(15)17-10-4-5-10;/h6-7,10H,4-5,8H2,1-3H3,(H3,15,16,17);1H. The minimum Gasteiger partial charge on any atom is -0.496 e. The highest BCUT2D eigenvalue weighted by atomic mass is 127. The van der Waals surface area contributed by atoms with Crippen LogP contribution in [0.1, 0.15) is 18.4 Å². The van der Waals surface area contributed by atoms with Gasteiger partial charge in [-0.25, -0.2) is 4.99 Å². The monoisotopic (exact) mass is 407 g/mol. The van der Waals surface area contributed by atoms with Crippen LogP contribution in [0, 0.1) is 0 Å². The lowest BCUT2D eigenvalue weighted by Gasteiger charge is -2.13. The molecular weight excluding hydrogens is 385 g/mol. The quantitative estimate of drug-likeness (QED) is 0.428. The van der Waals surface area contributed by atoms with Crippen molar-refractivity contribution in [3.63, 3.8) is 0 Å². The van der Waals surface area contributed by atoms with Crippen LogP contribution < -0.4 is 25.3 Å². The number of ether oxygens (including phenoxy) is 3. The zero-order chi connectivity index (χ0) is 14.5. The molecule has 1 aromatic carbocycles. The molecule has 1 aromatic rings. The van der Waals surface area contributed by atoms with E-state index in [4.69, 9.17) is 19.9 Å². The molecule has 0 saturated heterocycles. The third kappa shape index (κ3) is 4.83. The highest BCUT2D eigenvalue weighted by molar-refractivity contribution is 14.0. The fourth-order valence-electron chi connectivity index (χ4n) is 1.87. The number of guanidine groups is 1. The number of methoxy groups -OCH3 is 3. The van der Waals surface area contributed by atoms with E-state index in [9.17, 15) is 0 Å². The summed E-state index contributed by atoms with van der Waals surface area (Å²) in [7, 11) is 4.80. The second-order valence-electron chi connectivity index (χ2n) is 4.64. The van der Waals surface area contributed by atoms with Crippen molar-refractivity contribution < 1.29 is 14.2 Å². The minimum absolute atomic E-state index is 0. The lowest BCUT2D eigenvalue weighted by molar-refractivity contribution is 0.347. The van der Waals surface area contributed by atoms with Gasteiger partial charge in [-0.2, -0.15) is 0 Å². The molecule has 7 heteroatoms. The Morgan fingerprint density at radius 3 is 2.24 bits per heavy atom. The predicted molar refractivity (Wildman–Crippen MR) is 93.0 cm³/mol. The molecule has 0 aliphatic heterocycles. The van der Waals surface area contributed by atoms with Gasteiger partial charge in [-0.15, -0.1) is 24.0 Å². The van der Waals surface area contributed by atoms with Gasteiger partial charge in [-0.1, -0.05) is 0 Å². The van der Waals surface area contributed by atoms with Crippen LogP contribution in [0.15, 0.2) is 17.1 Å². The Bertz CT molecular complexity index is 504. The number of hydrogen-bond acceptors (Lipinski definition) is 4. The van der Waals surface area contributed by atoms with Crippen LogP contribution in [0.4, 0.5) is 0 Å². The maximum atomic E-state index is 5.82. The lowest BCUT2D eigenvalue weighted by Crippen LogP contribution is -2.33. The zero-order valence-corrected chi connectivity index (χ0v) is 14.8. The van der Waals surface area contributed by atoms with E-state index in [0.717, 1.165) is 18.4 Å². The summed E-state index contributed by atoms with van der Waals surface area (Å²) in [5, 5.41) is 3.14. The van der Waals surface area contributed by atoms with Gasteiger partial charge in [-0.3, -0.25) is 0 Å². The van der Waals surface area contributed by atoms with Gasteiger partial charge in [0.1, 0.15) is 5.75 Å². The number of nitrogens with two attached hydrogens (primary N) is 1. The number of aliphatic imine (C=N–C) groups is 1. The molecule has 0 aromatic heterocycles. The van der Waals surface area contributed by atoms with E-state index in [0.29, 0.717) is 35.8 Å². The van der Waals surface area contributed by atoms with Gasteiger partial charge in [0.2, 0.25) is 0 Å². The third-order valence-corrected chi connectivity index (χ3v) is 3.14. The molecule has 118 valence electrons. The number of nitrogens with zero attached hydrogens (tertiary/aromatic N) is 1. The lowest BCUT2D eigenvalue weighted by atomic mass is 10.1. The van der Waals surface area contributed by atoms with E-state index < -0.39 is 0 Å². The van der Waals surface area contributed by atoms with Crippen molar-refractivity contribution in [2.45, 2.75) is 25.4 Å². The molecule has 1 aliphatic rings. The molecule has 0 amide bonds. The molecule has 1 fully saturated rings. The van der Waals surface area contributed by atoms with Crippen LogP contribution in [-0.4, -0.2) is 33.3 Å². The fraction of sp³-hybridized carbons (Fsp3) is 0.500. The van der Waals surface area contributed by atoms with Gasteiger partial charge in [0.15, 0.2) is 17.5 Å². The summed E-state index contributed by atoms with van der Waals surface area (Å²) in [5.74, 6) is 2.43. The molecule has 3 N–H and O–H groups in total. The Balaban J connectivity index is 0.00000220. The fourth-order valence-corrected chi connectivity index (χ4v) is 1.87. The van der Waals surface area contributed by atoms with Gasteiger partial charge in [0.25, 0.3) is 0 Å². The molecule has 2 rings (SSSR count). The first-order chi connectivity index (χ1) is 9.67. The van der Waals surface area contributed by atoms with Crippen LogP contribution >= 0.6 is 24.0 Å². The summed E-state index contributed by atoms with van der Waals surface area (Å²) >= 11 is 0. The summed E-state index contributed by atoms with van der Waals surface area (Å²) in [5.41, 5.74) is 6.72. The molecule has 0 spiro atoms. The largest absolute Gasteiger partial charge is 0.496 e. The summed E-state index contributed by atoms with van der Waals surface area (Å²) in [6, 6.07) is 4.13. The first kappa shape index (κ1) is 17.7. The summed E-state index contributed by atoms with van der Waals surface area (Å²) in [6.07, 6.45) is 2.33. The normalized spacial score (nSPS) is 14.1. The molecule has 1 saturated carbocycles. The van der Waals surface area contributed by atoms with Crippen LogP contribution in [0.25, 0.3) is 0 Å². The SMILES string of the molecule is COc1cc(OC)c(OC)cc1CN=C(N)NC1CC1.I. The van der Waals surface area contributed by atoms with Crippen molar-refractivity contribution in [2.24, 2.45) is 10.7 Å². The van der Waals surface area contributed by atoms with Gasteiger partial charge in [0.05, 0.1) is 27.9 Å². The van der Waals surface area contributed by atoms with Crippen molar-refractivity contribution in [3.8, 4) is 17.2 Å². The molecule has 6 nitrogen and oxygen atoms in total. The predicted octanol–water partition coefficient (Wildman–Crippen LogP) is 1.90. The maximum Gasteiger partial charge on any atom is 0.189 e. The molecule has 21 heavy (non-hydrogen) atoms. The highest BCUT2D eigenvalue weighted by Gasteiger charge is 2.21. The molecule has 0 unspecified atom stereocenters. The number of rotatable bonds is 6. The Labute approximate surface area is 142 Å². The average molecular weight is 407 g/mol. The second kappa shape index (κ2) is 8.16. The molecule has 0 radical (unpaired) electrons. The van der Waals surface area contributed by atoms with Crippen LogP contribution in [0.5, 0.6) is 17.2 Å². The number of hydrogen-bond donors (Lipinski definition) is 2. The van der Waals surface area contributed by atoms with Crippen molar-refractivity contribution in [1.29, 1.82) is 0 Å². The topological polar surface area (TPSA) is 78.1 Å². The number of halogens is 1. The van der Waals surface area contributed by atoms with Crippen molar-refractivity contribution in [1.82, 2.24) is 5.32 Å². The molecular formula is C14H22IN3O3. The van der Waals surface area contributed by atoms with E-state index in [1.54, 1.807) is 27.4 Å². The molecule has 0 heterocycles. The molecule has 0 bridgehead atoms. The zero-order valence-electron chi connectivity index (χ0n) is 12.5. The average Bonchev–Trinajstić information content (AvgIpc) is 3.27. The highest BCUT2D eigenvalue weighted by Crippen LogP contribution is 2.34. The summed E-state index contributed by atoms with van der Waals surface area (Å²) in [4.78, 5) is 4.32. The van der Waals surface area contributed by atoms with E-state index in [2.05, 4.69) is 10.3 Å². The smallest absolute Gasteiger partial charge is 0.189 e. The number of benzene rings is 1. The van der Waals surface area contributed by atoms with Crippen LogP contribution in [0.2, 0.25) is 0 Å².